The summed E-state index contributed by atoms with van der Waals surface area (Å²) in [6.45, 7) is 4.00. The van der Waals surface area contributed by atoms with Crippen LogP contribution in [-0.2, 0) is 4.79 Å². The van der Waals surface area contributed by atoms with Gasteiger partial charge in [0, 0.05) is 5.54 Å². The topological polar surface area (TPSA) is 55.1 Å². The Morgan fingerprint density at radius 1 is 1.67 bits per heavy atom. The Labute approximate surface area is 73.7 Å². The van der Waals surface area contributed by atoms with E-state index in [1.54, 1.807) is 0 Å². The fourth-order valence-corrected chi connectivity index (χ4v) is 1.41. The van der Waals surface area contributed by atoms with Crippen molar-refractivity contribution in [1.82, 2.24) is 5.32 Å². The van der Waals surface area contributed by atoms with Crippen molar-refractivity contribution in [2.75, 3.05) is 0 Å². The maximum Gasteiger partial charge on any atom is 0.237 e. The predicted octanol–water partition coefficient (Wildman–Crippen LogP) is 0.782. The van der Waals surface area contributed by atoms with Gasteiger partial charge < -0.3 is 11.1 Å². The Bertz CT molecular complexity index is 175. The lowest BCUT2D eigenvalue weighted by Gasteiger charge is -2.39. The Hall–Kier alpha value is -0.570. The number of hydrogen-bond donors (Lipinski definition) is 2. The normalized spacial score (nSPS) is 22.6. The van der Waals surface area contributed by atoms with Gasteiger partial charge in [-0.2, -0.15) is 0 Å². The molecule has 0 unspecified atom stereocenters. The number of rotatable bonds is 3. The molecule has 70 valence electrons. The standard InChI is InChI=1S/C9H18N2O/c1-3-7(10)8(12)11-9(2)5-4-6-9/h7H,3-6,10H2,1-2H3,(H,11,12)/t7-/m0/s1. The number of carbonyl (C=O) groups excluding carboxylic acids is 1. The summed E-state index contributed by atoms with van der Waals surface area (Å²) < 4.78 is 0. The summed E-state index contributed by atoms with van der Waals surface area (Å²) in [4.78, 5) is 11.3. The molecule has 0 saturated heterocycles. The van der Waals surface area contributed by atoms with Gasteiger partial charge in [0.05, 0.1) is 6.04 Å². The molecule has 0 radical (unpaired) electrons. The van der Waals surface area contributed by atoms with Crippen LogP contribution in [0.3, 0.4) is 0 Å². The highest BCUT2D eigenvalue weighted by atomic mass is 16.2. The van der Waals surface area contributed by atoms with Crippen molar-refractivity contribution >= 4 is 5.91 Å². The molecule has 1 saturated carbocycles. The van der Waals surface area contributed by atoms with E-state index < -0.39 is 0 Å². The van der Waals surface area contributed by atoms with Crippen LogP contribution in [0.5, 0.6) is 0 Å². The second kappa shape index (κ2) is 3.44. The lowest BCUT2D eigenvalue weighted by Crippen LogP contribution is -2.55. The second-order valence-corrected chi connectivity index (χ2v) is 3.92. The van der Waals surface area contributed by atoms with Crippen molar-refractivity contribution in [3.63, 3.8) is 0 Å². The van der Waals surface area contributed by atoms with Crippen LogP contribution in [0.1, 0.15) is 39.5 Å². The van der Waals surface area contributed by atoms with Crippen molar-refractivity contribution in [3.8, 4) is 0 Å². The Morgan fingerprint density at radius 2 is 2.25 bits per heavy atom. The largest absolute Gasteiger partial charge is 0.350 e. The zero-order valence-corrected chi connectivity index (χ0v) is 7.89. The average molecular weight is 170 g/mol. The molecule has 0 aliphatic heterocycles. The molecule has 1 amide bonds. The van der Waals surface area contributed by atoms with Crippen molar-refractivity contribution < 1.29 is 4.79 Å². The van der Waals surface area contributed by atoms with Crippen LogP contribution in [0.4, 0.5) is 0 Å². The van der Waals surface area contributed by atoms with Gasteiger partial charge in [-0.1, -0.05) is 6.92 Å². The van der Waals surface area contributed by atoms with Gasteiger partial charge in [0.25, 0.3) is 0 Å². The molecule has 1 aliphatic carbocycles. The van der Waals surface area contributed by atoms with Gasteiger partial charge >= 0.3 is 0 Å². The first-order valence-corrected chi connectivity index (χ1v) is 4.65. The van der Waals surface area contributed by atoms with E-state index in [2.05, 4.69) is 12.2 Å². The van der Waals surface area contributed by atoms with Crippen LogP contribution in [0.15, 0.2) is 0 Å². The number of carbonyl (C=O) groups is 1. The van der Waals surface area contributed by atoms with E-state index in [0.29, 0.717) is 6.42 Å². The maximum absolute atomic E-state index is 11.3. The minimum atomic E-state index is -0.331. The molecule has 1 aliphatic rings. The first kappa shape index (κ1) is 9.52. The summed E-state index contributed by atoms with van der Waals surface area (Å²) in [6, 6.07) is -0.331. The van der Waals surface area contributed by atoms with Crippen LogP contribution in [0, 0.1) is 0 Å². The summed E-state index contributed by atoms with van der Waals surface area (Å²) in [5.41, 5.74) is 5.64. The highest BCUT2D eigenvalue weighted by molar-refractivity contribution is 5.82. The lowest BCUT2D eigenvalue weighted by atomic mass is 9.78. The van der Waals surface area contributed by atoms with Crippen molar-refractivity contribution in [3.05, 3.63) is 0 Å². The zero-order valence-electron chi connectivity index (χ0n) is 7.89. The average Bonchev–Trinajstić information content (AvgIpc) is 2.00. The summed E-state index contributed by atoms with van der Waals surface area (Å²) in [6.07, 6.45) is 4.12. The molecular formula is C9H18N2O. The third kappa shape index (κ3) is 1.97. The summed E-state index contributed by atoms with van der Waals surface area (Å²) in [7, 11) is 0. The molecule has 12 heavy (non-hydrogen) atoms. The Balaban J connectivity index is 2.35. The van der Waals surface area contributed by atoms with E-state index in [9.17, 15) is 4.79 Å². The van der Waals surface area contributed by atoms with Gasteiger partial charge in [-0.3, -0.25) is 4.79 Å². The van der Waals surface area contributed by atoms with E-state index in [0.717, 1.165) is 12.8 Å². The molecule has 0 spiro atoms. The quantitative estimate of drug-likeness (QED) is 0.657. The smallest absolute Gasteiger partial charge is 0.237 e. The SMILES string of the molecule is CC[C@H](N)C(=O)NC1(C)CCC1. The third-order valence-electron chi connectivity index (χ3n) is 2.66. The van der Waals surface area contributed by atoms with E-state index in [1.165, 1.54) is 6.42 Å². The molecule has 0 aromatic rings. The number of amides is 1. The third-order valence-corrected chi connectivity index (χ3v) is 2.66. The van der Waals surface area contributed by atoms with Crippen LogP contribution in [0.25, 0.3) is 0 Å². The van der Waals surface area contributed by atoms with Gasteiger partial charge in [-0.15, -0.1) is 0 Å². The van der Waals surface area contributed by atoms with E-state index >= 15 is 0 Å². The molecule has 0 aromatic carbocycles. The number of nitrogens with one attached hydrogen (secondary N) is 1. The molecule has 0 aromatic heterocycles. The number of hydrogen-bond acceptors (Lipinski definition) is 2. The minimum absolute atomic E-state index is 0.000278. The number of nitrogens with two attached hydrogens (primary N) is 1. The van der Waals surface area contributed by atoms with Gasteiger partial charge in [0.2, 0.25) is 5.91 Å². The molecule has 3 heteroatoms. The van der Waals surface area contributed by atoms with Crippen LogP contribution >= 0.6 is 0 Å². The lowest BCUT2D eigenvalue weighted by molar-refractivity contribution is -0.125. The van der Waals surface area contributed by atoms with Gasteiger partial charge in [0.15, 0.2) is 0 Å². The molecule has 3 nitrogen and oxygen atoms in total. The van der Waals surface area contributed by atoms with E-state index in [-0.39, 0.29) is 17.5 Å². The van der Waals surface area contributed by atoms with Crippen molar-refractivity contribution in [2.24, 2.45) is 5.73 Å². The molecule has 1 rings (SSSR count). The summed E-state index contributed by atoms with van der Waals surface area (Å²) in [5, 5.41) is 2.98. The van der Waals surface area contributed by atoms with E-state index in [4.69, 9.17) is 5.73 Å². The highest BCUT2D eigenvalue weighted by Gasteiger charge is 2.33. The molecule has 0 bridgehead atoms. The molecule has 3 N–H and O–H groups in total. The molecule has 0 heterocycles. The minimum Gasteiger partial charge on any atom is -0.350 e. The highest BCUT2D eigenvalue weighted by Crippen LogP contribution is 2.30. The van der Waals surface area contributed by atoms with Crippen LogP contribution in [0.2, 0.25) is 0 Å². The summed E-state index contributed by atoms with van der Waals surface area (Å²) >= 11 is 0. The first-order chi connectivity index (χ1) is 5.57. The van der Waals surface area contributed by atoms with E-state index in [1.807, 2.05) is 6.92 Å². The maximum atomic E-state index is 11.3. The van der Waals surface area contributed by atoms with Crippen molar-refractivity contribution in [2.45, 2.75) is 51.1 Å². The Kier molecular flexibility index (Phi) is 2.73. The fourth-order valence-electron chi connectivity index (χ4n) is 1.41. The molecular weight excluding hydrogens is 152 g/mol. The van der Waals surface area contributed by atoms with Gasteiger partial charge in [-0.25, -0.2) is 0 Å². The first-order valence-electron chi connectivity index (χ1n) is 4.65. The monoisotopic (exact) mass is 170 g/mol. The van der Waals surface area contributed by atoms with Crippen LogP contribution in [-0.4, -0.2) is 17.5 Å². The molecule has 1 atom stereocenters. The second-order valence-electron chi connectivity index (χ2n) is 3.92. The Morgan fingerprint density at radius 3 is 2.58 bits per heavy atom. The van der Waals surface area contributed by atoms with Crippen molar-refractivity contribution in [1.29, 1.82) is 0 Å². The fraction of sp³-hybridized carbons (Fsp3) is 0.889. The van der Waals surface area contributed by atoms with Gasteiger partial charge in [0.1, 0.15) is 0 Å². The predicted molar refractivity (Wildman–Crippen MR) is 48.7 cm³/mol. The molecule has 1 fully saturated rings. The van der Waals surface area contributed by atoms with Gasteiger partial charge in [-0.05, 0) is 32.6 Å². The van der Waals surface area contributed by atoms with Crippen LogP contribution < -0.4 is 11.1 Å². The summed E-state index contributed by atoms with van der Waals surface area (Å²) in [5.74, 6) is -0.000278. The zero-order chi connectivity index (χ0) is 9.19.